The van der Waals surface area contributed by atoms with E-state index >= 15 is 0 Å². The van der Waals surface area contributed by atoms with Crippen LogP contribution < -0.4 is 16.8 Å². The van der Waals surface area contributed by atoms with Crippen molar-refractivity contribution in [1.29, 1.82) is 0 Å². The van der Waals surface area contributed by atoms with Crippen molar-refractivity contribution < 1.29 is 0 Å². The van der Waals surface area contributed by atoms with E-state index < -0.39 is 0 Å². The number of nitrogens with two attached hydrogens (primary N) is 1. The van der Waals surface area contributed by atoms with Crippen LogP contribution in [0, 0.1) is 0 Å². The molecule has 2 radical (unpaired) electrons. The van der Waals surface area contributed by atoms with Crippen molar-refractivity contribution >= 4 is 19.3 Å². The molecule has 0 unspecified atom stereocenters. The molecule has 0 aliphatic rings. The highest BCUT2D eigenvalue weighted by atomic mass is 16.1. The Bertz CT molecular complexity index is 245. The molecule has 0 amide bonds. The molecule has 1 aromatic heterocycles. The first-order valence-electron chi connectivity index (χ1n) is 2.44. The zero-order valence-corrected chi connectivity index (χ0v) is 4.72. The van der Waals surface area contributed by atoms with Crippen LogP contribution in [-0.4, -0.2) is 12.8 Å². The van der Waals surface area contributed by atoms with Crippen molar-refractivity contribution in [1.82, 2.24) is 4.98 Å². The molecule has 3 N–H and O–H groups in total. The topological polar surface area (TPSA) is 58.9 Å². The summed E-state index contributed by atoms with van der Waals surface area (Å²) in [7, 11) is 5.22. The largest absolute Gasteiger partial charge is 0.385 e. The van der Waals surface area contributed by atoms with Crippen molar-refractivity contribution in [3.05, 3.63) is 22.4 Å². The molecule has 0 saturated carbocycles. The molecule has 4 heteroatoms. The zero-order chi connectivity index (χ0) is 6.85. The fourth-order valence-corrected chi connectivity index (χ4v) is 0.587. The highest BCUT2D eigenvalue weighted by molar-refractivity contribution is 6.30. The van der Waals surface area contributed by atoms with Gasteiger partial charge in [0.25, 0.3) is 0 Å². The Morgan fingerprint density at radius 3 is 2.67 bits per heavy atom. The first kappa shape index (κ1) is 5.94. The second-order valence-electron chi connectivity index (χ2n) is 1.73. The van der Waals surface area contributed by atoms with Gasteiger partial charge in [-0.3, -0.25) is 4.79 Å². The summed E-state index contributed by atoms with van der Waals surface area (Å²) in [6.45, 7) is 0. The van der Waals surface area contributed by atoms with Gasteiger partial charge in [0.2, 0.25) is 0 Å². The van der Waals surface area contributed by atoms with Crippen LogP contribution >= 0.6 is 0 Å². The lowest BCUT2D eigenvalue weighted by Gasteiger charge is -1.93. The van der Waals surface area contributed by atoms with Gasteiger partial charge >= 0.3 is 0 Å². The molecule has 0 spiro atoms. The van der Waals surface area contributed by atoms with Crippen LogP contribution in [0.5, 0.6) is 0 Å². The third kappa shape index (κ3) is 1.35. The Hall–Kier alpha value is -1.19. The Balaban J connectivity index is 3.33. The number of H-pyrrole nitrogens is 1. The maximum Gasteiger partial charge on any atom is 0.183 e. The van der Waals surface area contributed by atoms with Gasteiger partial charge in [0.15, 0.2) is 5.43 Å². The van der Waals surface area contributed by atoms with E-state index in [4.69, 9.17) is 13.6 Å². The zero-order valence-electron chi connectivity index (χ0n) is 4.72. The maximum atomic E-state index is 10.5. The number of rotatable bonds is 0. The van der Waals surface area contributed by atoms with Crippen LogP contribution in [0.2, 0.25) is 0 Å². The van der Waals surface area contributed by atoms with Crippen LogP contribution in [0.4, 0.5) is 5.82 Å². The average Bonchev–Trinajstić information content (AvgIpc) is 1.59. The minimum absolute atomic E-state index is 0.177. The molecule has 0 aliphatic carbocycles. The summed E-state index contributed by atoms with van der Waals surface area (Å²) in [5.41, 5.74) is 5.34. The fraction of sp³-hybridized carbons (Fsp3) is 0. The van der Waals surface area contributed by atoms with Crippen molar-refractivity contribution in [3.63, 3.8) is 0 Å². The van der Waals surface area contributed by atoms with Gasteiger partial charge in [-0.25, -0.2) is 0 Å². The molecule has 1 heterocycles. The molecule has 1 aromatic rings. The predicted molar refractivity (Wildman–Crippen MR) is 36.9 cm³/mol. The lowest BCUT2D eigenvalue weighted by Crippen LogP contribution is -2.17. The number of nitrogens with one attached hydrogen (secondary N) is 1. The van der Waals surface area contributed by atoms with Gasteiger partial charge in [0, 0.05) is 6.07 Å². The number of anilines is 1. The SMILES string of the molecule is [B]c1cc(=O)cc(N)[nH]1. The summed E-state index contributed by atoms with van der Waals surface area (Å²) < 4.78 is 0. The number of hydrogen-bond donors (Lipinski definition) is 2. The molecule has 0 atom stereocenters. The van der Waals surface area contributed by atoms with Crippen LogP contribution in [0.1, 0.15) is 0 Å². The lowest BCUT2D eigenvalue weighted by molar-refractivity contribution is 1.37. The fourth-order valence-electron chi connectivity index (χ4n) is 0.587. The number of pyridine rings is 1. The standard InChI is InChI=1S/C5H5BN2O/c6-4-1-3(9)2-5(7)8-4/h1-2H,(H3,7,8,9). The van der Waals surface area contributed by atoms with Crippen LogP contribution in [0.3, 0.4) is 0 Å². The minimum Gasteiger partial charge on any atom is -0.385 e. The quantitative estimate of drug-likeness (QED) is 0.420. The van der Waals surface area contributed by atoms with Gasteiger partial charge in [0.1, 0.15) is 13.7 Å². The van der Waals surface area contributed by atoms with Crippen molar-refractivity contribution in [3.8, 4) is 0 Å². The van der Waals surface area contributed by atoms with Gasteiger partial charge in [0.05, 0.1) is 0 Å². The lowest BCUT2D eigenvalue weighted by atomic mass is 10.0. The molecule has 0 aliphatic heterocycles. The first-order chi connectivity index (χ1) is 4.18. The van der Waals surface area contributed by atoms with E-state index in [1.807, 2.05) is 0 Å². The molecule has 9 heavy (non-hydrogen) atoms. The van der Waals surface area contributed by atoms with Crippen molar-refractivity contribution in [2.75, 3.05) is 5.73 Å². The highest BCUT2D eigenvalue weighted by Crippen LogP contribution is 1.81. The third-order valence-electron chi connectivity index (χ3n) is 0.884. The third-order valence-corrected chi connectivity index (χ3v) is 0.884. The van der Waals surface area contributed by atoms with Gasteiger partial charge in [-0.15, -0.1) is 0 Å². The van der Waals surface area contributed by atoms with Crippen LogP contribution in [-0.2, 0) is 0 Å². The van der Waals surface area contributed by atoms with Gasteiger partial charge in [-0.2, -0.15) is 0 Å². The Morgan fingerprint density at radius 2 is 2.22 bits per heavy atom. The van der Waals surface area contributed by atoms with Crippen LogP contribution in [0.15, 0.2) is 16.9 Å². The van der Waals surface area contributed by atoms with Crippen LogP contribution in [0.25, 0.3) is 0 Å². The number of hydrogen-bond acceptors (Lipinski definition) is 2. The summed E-state index contributed by atoms with van der Waals surface area (Å²) >= 11 is 0. The number of aromatic nitrogens is 1. The molecule has 44 valence electrons. The highest BCUT2D eigenvalue weighted by Gasteiger charge is 1.87. The number of aromatic amines is 1. The van der Waals surface area contributed by atoms with E-state index in [1.54, 1.807) is 0 Å². The van der Waals surface area contributed by atoms with E-state index in [2.05, 4.69) is 4.98 Å². The smallest absolute Gasteiger partial charge is 0.183 e. The summed E-state index contributed by atoms with van der Waals surface area (Å²) in [6, 6.07) is 2.55. The molecule has 3 nitrogen and oxygen atoms in total. The van der Waals surface area contributed by atoms with E-state index in [0.717, 1.165) is 0 Å². The molecule has 0 bridgehead atoms. The molecule has 1 rings (SSSR count). The maximum absolute atomic E-state index is 10.5. The molecular formula is C5H5BN2O. The van der Waals surface area contributed by atoms with Gasteiger partial charge in [-0.05, 0) is 11.7 Å². The van der Waals surface area contributed by atoms with Gasteiger partial charge in [-0.1, -0.05) is 0 Å². The van der Waals surface area contributed by atoms with E-state index in [9.17, 15) is 4.79 Å². The normalized spacial score (nSPS) is 9.33. The molecule has 0 fully saturated rings. The predicted octanol–water partition coefficient (Wildman–Crippen LogP) is -1.25. The monoisotopic (exact) mass is 120 g/mol. The summed E-state index contributed by atoms with van der Waals surface area (Å²) in [4.78, 5) is 13.1. The Morgan fingerprint density at radius 1 is 1.56 bits per heavy atom. The Kier molecular flexibility index (Phi) is 1.30. The number of nitrogen functional groups attached to an aromatic ring is 1. The van der Waals surface area contributed by atoms with Crippen molar-refractivity contribution in [2.24, 2.45) is 0 Å². The average molecular weight is 120 g/mol. The molecular weight excluding hydrogens is 115 g/mol. The second-order valence-corrected chi connectivity index (χ2v) is 1.73. The summed E-state index contributed by atoms with van der Waals surface area (Å²) in [6.07, 6.45) is 0. The Labute approximate surface area is 53.3 Å². The second kappa shape index (κ2) is 1.97. The minimum atomic E-state index is -0.177. The van der Waals surface area contributed by atoms with Gasteiger partial charge < -0.3 is 10.7 Å². The van der Waals surface area contributed by atoms with E-state index in [0.29, 0.717) is 11.4 Å². The molecule has 0 saturated heterocycles. The van der Waals surface area contributed by atoms with Crippen molar-refractivity contribution in [2.45, 2.75) is 0 Å². The van der Waals surface area contributed by atoms with E-state index in [-0.39, 0.29) is 5.43 Å². The summed E-state index contributed by atoms with van der Waals surface area (Å²) in [5.74, 6) is 0.292. The van der Waals surface area contributed by atoms with E-state index in [1.165, 1.54) is 12.1 Å². The first-order valence-corrected chi connectivity index (χ1v) is 2.44. The summed E-state index contributed by atoms with van der Waals surface area (Å²) in [5, 5.41) is 0. The molecule has 0 aromatic carbocycles.